The number of primary amides is 1. The summed E-state index contributed by atoms with van der Waals surface area (Å²) >= 11 is 0. The molecule has 0 aromatic heterocycles. The molecule has 1 aliphatic rings. The van der Waals surface area contributed by atoms with E-state index < -0.39 is 5.91 Å². The Bertz CT molecular complexity index is 261. The summed E-state index contributed by atoms with van der Waals surface area (Å²) in [6.45, 7) is 8.33. The fourth-order valence-corrected chi connectivity index (χ4v) is 2.90. The quantitative estimate of drug-likeness (QED) is 0.711. The first kappa shape index (κ1) is 15.4. The lowest BCUT2D eigenvalue weighted by molar-refractivity contribution is -0.122. The van der Waals surface area contributed by atoms with Crippen LogP contribution in [0, 0.1) is 11.3 Å². The van der Waals surface area contributed by atoms with Crippen molar-refractivity contribution in [3.63, 3.8) is 0 Å². The first-order valence-corrected chi connectivity index (χ1v) is 7.00. The van der Waals surface area contributed by atoms with Gasteiger partial charge >= 0.3 is 0 Å². The molecule has 1 fully saturated rings. The number of carbonyl (C=O) groups is 1. The van der Waals surface area contributed by atoms with Gasteiger partial charge in [-0.2, -0.15) is 0 Å². The Morgan fingerprint density at radius 1 is 1.33 bits per heavy atom. The van der Waals surface area contributed by atoms with Gasteiger partial charge in [0.15, 0.2) is 0 Å². The van der Waals surface area contributed by atoms with Gasteiger partial charge in [0.05, 0.1) is 6.61 Å². The first-order chi connectivity index (χ1) is 8.41. The fraction of sp³-hybridized carbons (Fsp3) is 0.929. The highest BCUT2D eigenvalue weighted by atomic mass is 16.5. The van der Waals surface area contributed by atoms with Gasteiger partial charge in [0, 0.05) is 12.6 Å². The number of carbonyl (C=O) groups excluding carboxylic acids is 1. The number of amides is 1. The van der Waals surface area contributed by atoms with E-state index in [1.807, 2.05) is 0 Å². The molecule has 0 saturated heterocycles. The molecule has 2 unspecified atom stereocenters. The van der Waals surface area contributed by atoms with E-state index in [0.29, 0.717) is 18.1 Å². The molecule has 2 atom stereocenters. The standard InChI is InChI=1S/C14H28N2O2/c1-14(2,3)11-6-4-5-7-12(11)16-8-9-18-10-13(15)17/h11-12,16H,4-10H2,1-3H3,(H2,15,17). The normalized spacial score (nSPS) is 25.1. The van der Waals surface area contributed by atoms with Crippen LogP contribution in [0.1, 0.15) is 46.5 Å². The average Bonchev–Trinajstić information content (AvgIpc) is 2.27. The highest BCUT2D eigenvalue weighted by Crippen LogP contribution is 2.37. The van der Waals surface area contributed by atoms with Crippen LogP contribution in [-0.2, 0) is 9.53 Å². The van der Waals surface area contributed by atoms with Gasteiger partial charge in [0.25, 0.3) is 0 Å². The number of nitrogens with one attached hydrogen (secondary N) is 1. The van der Waals surface area contributed by atoms with Gasteiger partial charge in [-0.05, 0) is 24.2 Å². The molecule has 1 aliphatic carbocycles. The summed E-state index contributed by atoms with van der Waals surface area (Å²) in [6, 6.07) is 0.580. The second-order valence-corrected chi connectivity index (χ2v) is 6.34. The number of rotatable bonds is 6. The van der Waals surface area contributed by atoms with E-state index in [1.165, 1.54) is 25.7 Å². The SMILES string of the molecule is CC(C)(C)C1CCCCC1NCCOCC(N)=O. The largest absolute Gasteiger partial charge is 0.370 e. The Morgan fingerprint density at radius 2 is 2.00 bits per heavy atom. The lowest BCUT2D eigenvalue weighted by atomic mass is 9.69. The first-order valence-electron chi connectivity index (χ1n) is 7.00. The lowest BCUT2D eigenvalue weighted by Gasteiger charge is -2.41. The van der Waals surface area contributed by atoms with E-state index in [-0.39, 0.29) is 6.61 Å². The molecule has 0 aliphatic heterocycles. The Kier molecular flexibility index (Phi) is 6.09. The average molecular weight is 256 g/mol. The van der Waals surface area contributed by atoms with Gasteiger partial charge in [0.1, 0.15) is 6.61 Å². The molecule has 0 radical (unpaired) electrons. The van der Waals surface area contributed by atoms with Crippen LogP contribution in [0.3, 0.4) is 0 Å². The van der Waals surface area contributed by atoms with Crippen LogP contribution in [0.4, 0.5) is 0 Å². The highest BCUT2D eigenvalue weighted by Gasteiger charge is 2.33. The molecule has 1 rings (SSSR count). The Labute approximate surface area is 111 Å². The molecule has 1 saturated carbocycles. The maximum atomic E-state index is 10.5. The number of nitrogens with two attached hydrogens (primary N) is 1. The molecular weight excluding hydrogens is 228 g/mol. The van der Waals surface area contributed by atoms with E-state index in [2.05, 4.69) is 26.1 Å². The van der Waals surface area contributed by atoms with Crippen molar-refractivity contribution in [1.29, 1.82) is 0 Å². The molecule has 106 valence electrons. The smallest absolute Gasteiger partial charge is 0.243 e. The molecule has 4 heteroatoms. The minimum absolute atomic E-state index is 0.0229. The zero-order valence-electron chi connectivity index (χ0n) is 12.0. The van der Waals surface area contributed by atoms with Crippen LogP contribution in [0.15, 0.2) is 0 Å². The van der Waals surface area contributed by atoms with Crippen molar-refractivity contribution >= 4 is 5.91 Å². The molecule has 0 bridgehead atoms. The van der Waals surface area contributed by atoms with E-state index in [1.54, 1.807) is 0 Å². The number of hydrogen-bond donors (Lipinski definition) is 2. The van der Waals surface area contributed by atoms with Gasteiger partial charge in [-0.15, -0.1) is 0 Å². The zero-order chi connectivity index (χ0) is 13.6. The third-order valence-electron chi connectivity index (χ3n) is 3.78. The van der Waals surface area contributed by atoms with Crippen LogP contribution >= 0.6 is 0 Å². The van der Waals surface area contributed by atoms with Crippen LogP contribution in [0.5, 0.6) is 0 Å². The Balaban J connectivity index is 2.28. The van der Waals surface area contributed by atoms with Crippen molar-refractivity contribution in [2.24, 2.45) is 17.1 Å². The van der Waals surface area contributed by atoms with Crippen LogP contribution in [0.25, 0.3) is 0 Å². The van der Waals surface area contributed by atoms with Gasteiger partial charge in [-0.25, -0.2) is 0 Å². The maximum Gasteiger partial charge on any atom is 0.243 e. The minimum Gasteiger partial charge on any atom is -0.370 e. The summed E-state index contributed by atoms with van der Waals surface area (Å²) in [5.41, 5.74) is 5.37. The second-order valence-electron chi connectivity index (χ2n) is 6.34. The monoisotopic (exact) mass is 256 g/mol. The molecule has 0 heterocycles. The molecule has 0 aromatic carbocycles. The molecule has 0 spiro atoms. The van der Waals surface area contributed by atoms with E-state index >= 15 is 0 Å². The number of hydrogen-bond acceptors (Lipinski definition) is 3. The Hall–Kier alpha value is -0.610. The van der Waals surface area contributed by atoms with Gasteiger partial charge in [0.2, 0.25) is 5.91 Å². The van der Waals surface area contributed by atoms with E-state index in [0.717, 1.165) is 12.5 Å². The second kappa shape index (κ2) is 7.10. The molecule has 3 N–H and O–H groups in total. The summed E-state index contributed by atoms with van der Waals surface area (Å²) in [5, 5.41) is 3.57. The fourth-order valence-electron chi connectivity index (χ4n) is 2.90. The van der Waals surface area contributed by atoms with Crippen molar-refractivity contribution in [1.82, 2.24) is 5.32 Å². The van der Waals surface area contributed by atoms with Crippen molar-refractivity contribution < 1.29 is 9.53 Å². The summed E-state index contributed by atoms with van der Waals surface area (Å²) in [6.07, 6.45) is 5.21. The Morgan fingerprint density at radius 3 is 2.61 bits per heavy atom. The molecule has 4 nitrogen and oxygen atoms in total. The third kappa shape index (κ3) is 5.36. The van der Waals surface area contributed by atoms with Crippen LogP contribution in [0.2, 0.25) is 0 Å². The van der Waals surface area contributed by atoms with Crippen LogP contribution < -0.4 is 11.1 Å². The third-order valence-corrected chi connectivity index (χ3v) is 3.78. The van der Waals surface area contributed by atoms with Gasteiger partial charge < -0.3 is 15.8 Å². The zero-order valence-corrected chi connectivity index (χ0v) is 12.0. The van der Waals surface area contributed by atoms with Crippen molar-refractivity contribution in [2.75, 3.05) is 19.8 Å². The maximum absolute atomic E-state index is 10.5. The summed E-state index contributed by atoms with van der Waals surface area (Å²) in [5.74, 6) is 0.322. The predicted octanol–water partition coefficient (Wildman–Crippen LogP) is 1.68. The topological polar surface area (TPSA) is 64.3 Å². The highest BCUT2D eigenvalue weighted by molar-refractivity contribution is 5.74. The molecular formula is C14H28N2O2. The minimum atomic E-state index is -0.403. The molecule has 18 heavy (non-hydrogen) atoms. The van der Waals surface area contributed by atoms with E-state index in [9.17, 15) is 4.79 Å². The van der Waals surface area contributed by atoms with Crippen molar-refractivity contribution in [3.05, 3.63) is 0 Å². The summed E-state index contributed by atoms with van der Waals surface area (Å²) in [7, 11) is 0. The summed E-state index contributed by atoms with van der Waals surface area (Å²) in [4.78, 5) is 10.5. The molecule has 0 aromatic rings. The lowest BCUT2D eigenvalue weighted by Crippen LogP contribution is -2.45. The molecule has 1 amide bonds. The van der Waals surface area contributed by atoms with Crippen molar-refractivity contribution in [3.8, 4) is 0 Å². The number of ether oxygens (including phenoxy) is 1. The van der Waals surface area contributed by atoms with Gasteiger partial charge in [-0.1, -0.05) is 33.6 Å². The van der Waals surface area contributed by atoms with Crippen LogP contribution in [-0.4, -0.2) is 31.7 Å². The van der Waals surface area contributed by atoms with Crippen molar-refractivity contribution in [2.45, 2.75) is 52.5 Å². The van der Waals surface area contributed by atoms with E-state index in [4.69, 9.17) is 10.5 Å². The predicted molar refractivity (Wildman–Crippen MR) is 73.2 cm³/mol. The summed E-state index contributed by atoms with van der Waals surface area (Å²) < 4.78 is 5.17. The van der Waals surface area contributed by atoms with Gasteiger partial charge in [-0.3, -0.25) is 4.79 Å².